The van der Waals surface area contributed by atoms with Crippen LogP contribution in [0.25, 0.3) is 0 Å². The van der Waals surface area contributed by atoms with E-state index in [1.165, 1.54) is 7.11 Å². The second-order valence-electron chi connectivity index (χ2n) is 13.1. The third-order valence-corrected chi connectivity index (χ3v) is 12.2. The molecule has 6 rings (SSSR count). The molecule has 0 radical (unpaired) electrons. The molecule has 4 aliphatic carbocycles. The molecule has 0 aromatic rings. The monoisotopic (exact) mass is 502 g/mol. The van der Waals surface area contributed by atoms with E-state index >= 15 is 0 Å². The lowest BCUT2D eigenvalue weighted by Gasteiger charge is -2.60. The van der Waals surface area contributed by atoms with Gasteiger partial charge in [0.05, 0.1) is 24.2 Å². The highest BCUT2D eigenvalue weighted by Gasteiger charge is 2.83. The molecule has 0 amide bonds. The Kier molecular flexibility index (Phi) is 5.64. The molecule has 0 aromatic carbocycles. The second-order valence-corrected chi connectivity index (χ2v) is 13.1. The summed E-state index contributed by atoms with van der Waals surface area (Å²) < 4.78 is 17.7. The molecular formula is C29H42O7. The van der Waals surface area contributed by atoms with E-state index in [9.17, 15) is 19.8 Å². The smallest absolute Gasteiger partial charge is 0.333 e. The molecule has 1 saturated heterocycles. The van der Waals surface area contributed by atoms with Gasteiger partial charge in [0.1, 0.15) is 23.6 Å². The Morgan fingerprint density at radius 1 is 1.14 bits per heavy atom. The molecule has 2 aliphatic heterocycles. The Labute approximate surface area is 213 Å². The highest BCUT2D eigenvalue weighted by Crippen LogP contribution is 2.73. The van der Waals surface area contributed by atoms with E-state index in [0.29, 0.717) is 11.8 Å². The number of Topliss-reactive ketones (excluding diaryl/α,β-unsaturated/α-hetero) is 1. The topological polar surface area (TPSA) is 106 Å². The van der Waals surface area contributed by atoms with E-state index in [1.807, 2.05) is 13.8 Å². The molecule has 5 fully saturated rings. The SMILES string of the molecule is COC1CC(=O)C2(CO)C3CCC4(C)C(C(C)C5CC(C)=C(C)C(=O)O5)CCC4C3CC3OC32C1O. The predicted molar refractivity (Wildman–Crippen MR) is 131 cm³/mol. The first-order valence-electron chi connectivity index (χ1n) is 14.0. The summed E-state index contributed by atoms with van der Waals surface area (Å²) in [6, 6.07) is 0. The van der Waals surface area contributed by atoms with Gasteiger partial charge in [-0.25, -0.2) is 4.79 Å². The Bertz CT molecular complexity index is 1010. The minimum absolute atomic E-state index is 0.00221. The summed E-state index contributed by atoms with van der Waals surface area (Å²) in [5, 5.41) is 22.1. The van der Waals surface area contributed by atoms with E-state index in [1.54, 1.807) is 0 Å². The first-order chi connectivity index (χ1) is 17.1. The van der Waals surface area contributed by atoms with Crippen LogP contribution in [0, 0.1) is 40.4 Å². The van der Waals surface area contributed by atoms with Crippen LogP contribution in [-0.2, 0) is 23.8 Å². The number of esters is 1. The normalized spacial score (nSPS) is 52.6. The van der Waals surface area contributed by atoms with Crippen molar-refractivity contribution in [3.8, 4) is 0 Å². The number of ether oxygens (including phenoxy) is 3. The first kappa shape index (κ1) is 25.0. The molecule has 1 spiro atoms. The fourth-order valence-corrected chi connectivity index (χ4v) is 10.2. The number of hydrogen-bond donors (Lipinski definition) is 2. The Morgan fingerprint density at radius 3 is 2.56 bits per heavy atom. The molecule has 6 aliphatic rings. The minimum Gasteiger partial charge on any atom is -0.458 e. The lowest BCUT2D eigenvalue weighted by Crippen LogP contribution is -2.70. The molecule has 7 nitrogen and oxygen atoms in total. The highest BCUT2D eigenvalue weighted by atomic mass is 16.6. The van der Waals surface area contributed by atoms with Gasteiger partial charge in [-0.3, -0.25) is 4.79 Å². The van der Waals surface area contributed by atoms with Gasteiger partial charge in [0.15, 0.2) is 0 Å². The van der Waals surface area contributed by atoms with Crippen molar-refractivity contribution in [1.29, 1.82) is 0 Å². The predicted octanol–water partition coefficient (Wildman–Crippen LogP) is 3.20. The van der Waals surface area contributed by atoms with Crippen molar-refractivity contribution < 1.29 is 34.0 Å². The van der Waals surface area contributed by atoms with Gasteiger partial charge in [-0.05, 0) is 81.0 Å². The van der Waals surface area contributed by atoms with E-state index < -0.39 is 23.2 Å². The minimum atomic E-state index is -1.04. The molecule has 4 saturated carbocycles. The third-order valence-electron chi connectivity index (χ3n) is 12.2. The summed E-state index contributed by atoms with van der Waals surface area (Å²) in [4.78, 5) is 26.2. The zero-order valence-corrected chi connectivity index (χ0v) is 22.3. The fourth-order valence-electron chi connectivity index (χ4n) is 10.2. The number of rotatable bonds is 4. The van der Waals surface area contributed by atoms with Crippen LogP contribution < -0.4 is 0 Å². The lowest BCUT2D eigenvalue weighted by atomic mass is 9.43. The van der Waals surface area contributed by atoms with Crippen molar-refractivity contribution in [3.63, 3.8) is 0 Å². The van der Waals surface area contributed by atoms with Gasteiger partial charge in [0.2, 0.25) is 0 Å². The van der Waals surface area contributed by atoms with Crippen molar-refractivity contribution in [2.24, 2.45) is 40.4 Å². The highest BCUT2D eigenvalue weighted by molar-refractivity contribution is 5.90. The summed E-state index contributed by atoms with van der Waals surface area (Å²) in [5.41, 5.74) is -0.0776. The quantitative estimate of drug-likeness (QED) is 0.449. The molecule has 0 aromatic heterocycles. The number of fused-ring (bicyclic) bond motifs is 4. The van der Waals surface area contributed by atoms with Crippen molar-refractivity contribution in [3.05, 3.63) is 11.1 Å². The number of aliphatic hydroxyl groups excluding tert-OH is 2. The van der Waals surface area contributed by atoms with Crippen LogP contribution in [0.5, 0.6) is 0 Å². The summed E-state index contributed by atoms with van der Waals surface area (Å²) in [6.45, 7) is 8.30. The maximum absolute atomic E-state index is 13.7. The number of hydrogen-bond acceptors (Lipinski definition) is 7. The van der Waals surface area contributed by atoms with Crippen LogP contribution in [0.15, 0.2) is 11.1 Å². The number of methoxy groups -OCH3 is 1. The number of epoxide rings is 1. The summed E-state index contributed by atoms with van der Waals surface area (Å²) in [6.07, 6.45) is 3.97. The van der Waals surface area contributed by atoms with Crippen LogP contribution in [0.2, 0.25) is 0 Å². The van der Waals surface area contributed by atoms with Crippen molar-refractivity contribution in [1.82, 2.24) is 0 Å². The van der Waals surface area contributed by atoms with E-state index in [4.69, 9.17) is 14.2 Å². The summed E-state index contributed by atoms with van der Waals surface area (Å²) in [7, 11) is 1.53. The number of ketones is 1. The average molecular weight is 503 g/mol. The zero-order chi connectivity index (χ0) is 25.8. The molecule has 2 heterocycles. The Balaban J connectivity index is 1.29. The van der Waals surface area contributed by atoms with Gasteiger partial charge in [0.25, 0.3) is 0 Å². The summed E-state index contributed by atoms with van der Waals surface area (Å²) >= 11 is 0. The number of aliphatic hydroxyl groups is 2. The molecule has 7 heteroatoms. The zero-order valence-electron chi connectivity index (χ0n) is 22.3. The van der Waals surface area contributed by atoms with Crippen molar-refractivity contribution >= 4 is 11.8 Å². The van der Waals surface area contributed by atoms with Crippen molar-refractivity contribution in [2.75, 3.05) is 13.7 Å². The maximum Gasteiger partial charge on any atom is 0.333 e. The number of carbonyl (C=O) groups is 2. The van der Waals surface area contributed by atoms with Crippen LogP contribution in [-0.4, -0.2) is 65.7 Å². The van der Waals surface area contributed by atoms with Gasteiger partial charge >= 0.3 is 5.97 Å². The van der Waals surface area contributed by atoms with Crippen LogP contribution in [0.3, 0.4) is 0 Å². The van der Waals surface area contributed by atoms with E-state index in [2.05, 4.69) is 13.8 Å². The fraction of sp³-hybridized carbons (Fsp3) is 0.862. The second kappa shape index (κ2) is 8.11. The van der Waals surface area contributed by atoms with Gasteiger partial charge in [-0.15, -0.1) is 0 Å². The average Bonchev–Trinajstić information content (AvgIpc) is 3.48. The van der Waals surface area contributed by atoms with Crippen LogP contribution in [0.4, 0.5) is 0 Å². The molecule has 36 heavy (non-hydrogen) atoms. The van der Waals surface area contributed by atoms with Crippen LogP contribution in [0.1, 0.15) is 72.6 Å². The third kappa shape index (κ3) is 2.89. The largest absolute Gasteiger partial charge is 0.458 e. The Hall–Kier alpha value is -1.28. The summed E-state index contributed by atoms with van der Waals surface area (Å²) in [5.74, 6) is 1.23. The van der Waals surface area contributed by atoms with Gasteiger partial charge in [-0.2, -0.15) is 0 Å². The molecule has 200 valence electrons. The Morgan fingerprint density at radius 2 is 1.89 bits per heavy atom. The van der Waals surface area contributed by atoms with E-state index in [-0.39, 0.29) is 60.2 Å². The molecule has 2 N–H and O–H groups in total. The molecule has 12 unspecified atom stereocenters. The van der Waals surface area contributed by atoms with Gasteiger partial charge in [0, 0.05) is 25.5 Å². The molecule has 0 bridgehead atoms. The maximum atomic E-state index is 13.7. The molecular weight excluding hydrogens is 460 g/mol. The number of carbonyl (C=O) groups excluding carboxylic acids is 2. The van der Waals surface area contributed by atoms with Crippen molar-refractivity contribution in [2.45, 2.75) is 103 Å². The molecule has 12 atom stereocenters. The number of cyclic esters (lactones) is 1. The van der Waals surface area contributed by atoms with Gasteiger partial charge in [-0.1, -0.05) is 19.4 Å². The standard InChI is InChI=1S/C29H42O7/c1-14-10-21(35-26(33)15(14)2)16(3)18-6-7-19-17-11-24-29(36-24)25(32)22(34-5)12-23(31)28(29,13-30)20(17)8-9-27(18,19)4/h16-22,24-25,30,32H,6-13H2,1-5H3. The first-order valence-corrected chi connectivity index (χ1v) is 14.0. The van der Waals surface area contributed by atoms with Gasteiger partial charge < -0.3 is 24.4 Å². The van der Waals surface area contributed by atoms with Crippen LogP contribution >= 0.6 is 0 Å². The van der Waals surface area contributed by atoms with E-state index in [0.717, 1.165) is 49.7 Å². The lowest BCUT2D eigenvalue weighted by molar-refractivity contribution is -0.195.